The number of tetrazole rings is 1. The van der Waals surface area contributed by atoms with Crippen molar-refractivity contribution >= 4 is 29.5 Å². The summed E-state index contributed by atoms with van der Waals surface area (Å²) in [7, 11) is 0. The minimum absolute atomic E-state index is 0.0667. The fourth-order valence-corrected chi connectivity index (χ4v) is 4.31. The molecule has 0 atom stereocenters. The highest BCUT2D eigenvalue weighted by Gasteiger charge is 2.25. The maximum absolute atomic E-state index is 12.5. The van der Waals surface area contributed by atoms with Crippen LogP contribution in [-0.4, -0.2) is 106 Å². The molecule has 2 saturated heterocycles. The lowest BCUT2D eigenvalue weighted by atomic mass is 10.3. The molecule has 1 aromatic heterocycles. The third kappa shape index (κ3) is 4.90. The molecule has 0 N–H and O–H groups in total. The fourth-order valence-electron chi connectivity index (χ4n) is 3.49. The number of aromatic nitrogens is 4. The molecule has 0 saturated carbocycles. The number of carbonyl (C=O) groups is 2. The Kier molecular flexibility index (Phi) is 6.80. The van der Waals surface area contributed by atoms with Crippen LogP contribution in [0.15, 0.2) is 30.3 Å². The average molecular weight is 432 g/mol. The van der Waals surface area contributed by atoms with Gasteiger partial charge in [0.1, 0.15) is 0 Å². The highest BCUT2D eigenvalue weighted by molar-refractivity contribution is 8.00. The summed E-state index contributed by atoms with van der Waals surface area (Å²) in [6.07, 6.45) is 0. The molecule has 2 aliphatic rings. The first kappa shape index (κ1) is 20.6. The van der Waals surface area contributed by atoms with Crippen molar-refractivity contribution in [1.29, 1.82) is 0 Å². The SMILES string of the molecule is O=C(CSCC(=O)N1CCN(c2nnnn2-c2ccccc2)CC1)N1CCOCC1. The van der Waals surface area contributed by atoms with Crippen molar-refractivity contribution in [2.24, 2.45) is 0 Å². The van der Waals surface area contributed by atoms with Crippen LogP contribution in [0.1, 0.15) is 0 Å². The second-order valence-electron chi connectivity index (χ2n) is 7.08. The minimum atomic E-state index is 0.0667. The van der Waals surface area contributed by atoms with Crippen LogP contribution in [0.4, 0.5) is 5.95 Å². The zero-order valence-electron chi connectivity index (χ0n) is 16.7. The zero-order valence-corrected chi connectivity index (χ0v) is 17.5. The lowest BCUT2D eigenvalue weighted by Crippen LogP contribution is -2.50. The Morgan fingerprint density at radius 1 is 0.900 bits per heavy atom. The molecule has 2 amide bonds. The fraction of sp³-hybridized carbons (Fsp3) is 0.526. The molecule has 0 aliphatic carbocycles. The molecule has 2 aliphatic heterocycles. The van der Waals surface area contributed by atoms with Gasteiger partial charge in [-0.3, -0.25) is 9.59 Å². The van der Waals surface area contributed by atoms with E-state index in [2.05, 4.69) is 20.4 Å². The Morgan fingerprint density at radius 2 is 1.53 bits per heavy atom. The standard InChI is InChI=1S/C19H25N7O3S/c27-17(14-30-15-18(28)24-10-12-29-13-11-24)23-6-8-25(9-7-23)19-20-21-22-26(19)16-4-2-1-3-5-16/h1-5H,6-15H2. The van der Waals surface area contributed by atoms with Gasteiger partial charge in [-0.2, -0.15) is 4.68 Å². The maximum Gasteiger partial charge on any atom is 0.250 e. The summed E-state index contributed by atoms with van der Waals surface area (Å²) in [5.41, 5.74) is 0.900. The minimum Gasteiger partial charge on any atom is -0.378 e. The van der Waals surface area contributed by atoms with Gasteiger partial charge in [0.2, 0.25) is 17.8 Å². The Hall–Kier alpha value is -2.66. The van der Waals surface area contributed by atoms with Gasteiger partial charge in [-0.1, -0.05) is 23.3 Å². The van der Waals surface area contributed by atoms with E-state index in [4.69, 9.17) is 4.74 Å². The molecular formula is C19H25N7O3S. The van der Waals surface area contributed by atoms with Crippen LogP contribution in [-0.2, 0) is 14.3 Å². The summed E-state index contributed by atoms with van der Waals surface area (Å²) >= 11 is 1.38. The zero-order chi connectivity index (χ0) is 20.8. The predicted molar refractivity (Wildman–Crippen MR) is 113 cm³/mol. The Balaban J connectivity index is 1.23. The Bertz CT molecular complexity index is 849. The van der Waals surface area contributed by atoms with Gasteiger partial charge >= 0.3 is 0 Å². The van der Waals surface area contributed by atoms with E-state index in [1.165, 1.54) is 11.8 Å². The molecule has 11 heteroatoms. The number of amides is 2. The van der Waals surface area contributed by atoms with Crippen LogP contribution < -0.4 is 4.90 Å². The Morgan fingerprint density at radius 3 is 2.20 bits per heavy atom. The maximum atomic E-state index is 12.5. The molecular weight excluding hydrogens is 406 g/mol. The normalized spacial score (nSPS) is 17.3. The molecule has 0 radical (unpaired) electrons. The first-order valence-corrected chi connectivity index (χ1v) is 11.2. The number of piperazine rings is 1. The first-order valence-electron chi connectivity index (χ1n) is 10.0. The van der Waals surface area contributed by atoms with E-state index in [1.54, 1.807) is 9.58 Å². The smallest absolute Gasteiger partial charge is 0.250 e. The largest absolute Gasteiger partial charge is 0.378 e. The molecule has 0 spiro atoms. The van der Waals surface area contributed by atoms with Gasteiger partial charge in [0, 0.05) is 39.3 Å². The van der Waals surface area contributed by atoms with Gasteiger partial charge in [0.25, 0.3) is 0 Å². The van der Waals surface area contributed by atoms with Crippen LogP contribution in [0.3, 0.4) is 0 Å². The number of thioether (sulfide) groups is 1. The third-order valence-corrected chi connectivity index (χ3v) is 6.09. The quantitative estimate of drug-likeness (QED) is 0.626. The molecule has 2 aromatic rings. The monoisotopic (exact) mass is 431 g/mol. The van der Waals surface area contributed by atoms with E-state index in [0.717, 1.165) is 5.69 Å². The van der Waals surface area contributed by atoms with E-state index in [0.29, 0.717) is 69.9 Å². The molecule has 160 valence electrons. The van der Waals surface area contributed by atoms with Crippen molar-refractivity contribution in [3.8, 4) is 5.69 Å². The molecule has 0 bridgehead atoms. The molecule has 2 fully saturated rings. The van der Waals surface area contributed by atoms with Gasteiger partial charge in [0.05, 0.1) is 30.4 Å². The summed E-state index contributed by atoms with van der Waals surface area (Å²) in [6, 6.07) is 9.74. The predicted octanol–water partition coefficient (Wildman–Crippen LogP) is -0.0971. The van der Waals surface area contributed by atoms with E-state index in [-0.39, 0.29) is 11.8 Å². The third-order valence-electron chi connectivity index (χ3n) is 5.18. The number of hydrogen-bond acceptors (Lipinski definition) is 8. The number of para-hydroxylation sites is 1. The number of nitrogens with zero attached hydrogens (tertiary/aromatic N) is 7. The van der Waals surface area contributed by atoms with Gasteiger partial charge in [-0.25, -0.2) is 0 Å². The number of morpholine rings is 1. The molecule has 1 aromatic carbocycles. The number of hydrogen-bond donors (Lipinski definition) is 0. The Labute approximate surface area is 179 Å². The lowest BCUT2D eigenvalue weighted by Gasteiger charge is -2.34. The van der Waals surface area contributed by atoms with E-state index >= 15 is 0 Å². The van der Waals surface area contributed by atoms with E-state index in [1.807, 2.05) is 35.2 Å². The number of ether oxygens (including phenoxy) is 1. The van der Waals surface area contributed by atoms with Crippen molar-refractivity contribution in [3.05, 3.63) is 30.3 Å². The highest BCUT2D eigenvalue weighted by Crippen LogP contribution is 2.17. The van der Waals surface area contributed by atoms with Crippen LogP contribution in [0.5, 0.6) is 0 Å². The number of rotatable bonds is 6. The van der Waals surface area contributed by atoms with Crippen molar-refractivity contribution in [2.45, 2.75) is 0 Å². The number of carbonyl (C=O) groups excluding carboxylic acids is 2. The van der Waals surface area contributed by atoms with Crippen LogP contribution in [0.25, 0.3) is 5.69 Å². The van der Waals surface area contributed by atoms with Gasteiger partial charge < -0.3 is 19.4 Å². The molecule has 4 rings (SSSR count). The highest BCUT2D eigenvalue weighted by atomic mass is 32.2. The molecule has 0 unspecified atom stereocenters. The van der Waals surface area contributed by atoms with E-state index in [9.17, 15) is 9.59 Å². The second kappa shape index (κ2) is 9.90. The van der Waals surface area contributed by atoms with Crippen molar-refractivity contribution in [2.75, 3.05) is 68.9 Å². The van der Waals surface area contributed by atoms with Crippen molar-refractivity contribution < 1.29 is 14.3 Å². The summed E-state index contributed by atoms with van der Waals surface area (Å²) in [6.45, 7) is 5.00. The summed E-state index contributed by atoms with van der Waals surface area (Å²) in [4.78, 5) is 30.4. The van der Waals surface area contributed by atoms with Crippen LogP contribution >= 0.6 is 11.8 Å². The summed E-state index contributed by atoms with van der Waals surface area (Å²) < 4.78 is 6.97. The second-order valence-corrected chi connectivity index (χ2v) is 8.07. The molecule has 30 heavy (non-hydrogen) atoms. The molecule has 10 nitrogen and oxygen atoms in total. The van der Waals surface area contributed by atoms with Gasteiger partial charge in [-0.15, -0.1) is 11.8 Å². The topological polar surface area (TPSA) is 96.7 Å². The molecule has 3 heterocycles. The average Bonchev–Trinajstić information content (AvgIpc) is 3.30. The number of anilines is 1. The van der Waals surface area contributed by atoms with Crippen molar-refractivity contribution in [1.82, 2.24) is 30.0 Å². The summed E-state index contributed by atoms with van der Waals surface area (Å²) in [5.74, 6) is 1.47. The van der Waals surface area contributed by atoms with Crippen LogP contribution in [0, 0.1) is 0 Å². The van der Waals surface area contributed by atoms with Crippen molar-refractivity contribution in [3.63, 3.8) is 0 Å². The van der Waals surface area contributed by atoms with Gasteiger partial charge in [-0.05, 0) is 22.6 Å². The van der Waals surface area contributed by atoms with Crippen LogP contribution in [0.2, 0.25) is 0 Å². The first-order chi connectivity index (χ1) is 14.7. The summed E-state index contributed by atoms with van der Waals surface area (Å²) in [5, 5.41) is 12.1. The lowest BCUT2D eigenvalue weighted by molar-refractivity contribution is -0.132. The van der Waals surface area contributed by atoms with E-state index < -0.39 is 0 Å². The van der Waals surface area contributed by atoms with Gasteiger partial charge in [0.15, 0.2) is 0 Å². The number of benzene rings is 1.